The predicted molar refractivity (Wildman–Crippen MR) is 78.3 cm³/mol. The highest BCUT2D eigenvalue weighted by Crippen LogP contribution is 2.21. The number of carbonyl (C=O) groups excluding carboxylic acids is 1. The number of halogens is 2. The Bertz CT molecular complexity index is 671. The molecule has 0 bridgehead atoms. The Labute approximate surface area is 127 Å². The third-order valence-electron chi connectivity index (χ3n) is 2.39. The number of amides is 1. The van der Waals surface area contributed by atoms with Crippen LogP contribution in [0.1, 0.15) is 20.7 Å². The number of carboxylic acid groups (broad SMARTS) is 1. The van der Waals surface area contributed by atoms with E-state index < -0.39 is 11.9 Å². The zero-order valence-corrected chi connectivity index (χ0v) is 12.3. The van der Waals surface area contributed by atoms with Gasteiger partial charge >= 0.3 is 5.97 Å². The van der Waals surface area contributed by atoms with Gasteiger partial charge in [-0.05, 0) is 30.3 Å². The monoisotopic (exact) mass is 354 g/mol. The molecule has 1 aromatic carbocycles. The van der Waals surface area contributed by atoms with Crippen LogP contribution in [-0.2, 0) is 0 Å². The molecule has 2 aromatic rings. The zero-order valence-electron chi connectivity index (χ0n) is 9.93. The number of hydrogen-bond donors (Lipinski definition) is 2. The normalized spacial score (nSPS) is 10.1. The summed E-state index contributed by atoms with van der Waals surface area (Å²) >= 11 is 9.09. The van der Waals surface area contributed by atoms with Crippen molar-refractivity contribution in [2.24, 2.45) is 0 Å². The summed E-state index contributed by atoms with van der Waals surface area (Å²) in [7, 11) is 0. The van der Waals surface area contributed by atoms with Crippen molar-refractivity contribution in [3.63, 3.8) is 0 Å². The summed E-state index contributed by atoms with van der Waals surface area (Å²) in [5.41, 5.74) is 0.216. The zero-order chi connectivity index (χ0) is 14.7. The van der Waals surface area contributed by atoms with Crippen LogP contribution in [0.2, 0.25) is 5.02 Å². The number of pyridine rings is 1. The smallest absolute Gasteiger partial charge is 0.339 e. The first-order chi connectivity index (χ1) is 9.47. The van der Waals surface area contributed by atoms with Crippen LogP contribution in [0.3, 0.4) is 0 Å². The third kappa shape index (κ3) is 3.34. The molecular formula is C13H8BrClN2O3. The highest BCUT2D eigenvalue weighted by Gasteiger charge is 2.15. The Kier molecular flexibility index (Phi) is 4.36. The largest absolute Gasteiger partial charge is 0.478 e. The van der Waals surface area contributed by atoms with Crippen molar-refractivity contribution in [2.75, 3.05) is 5.32 Å². The van der Waals surface area contributed by atoms with E-state index in [1.807, 2.05) is 0 Å². The molecule has 1 amide bonds. The lowest BCUT2D eigenvalue weighted by atomic mass is 10.2. The molecule has 20 heavy (non-hydrogen) atoms. The SMILES string of the molecule is O=C(Nc1ncccc1C(=O)O)c1cc(Cl)cc(Br)c1. The molecule has 5 nitrogen and oxygen atoms in total. The minimum absolute atomic E-state index is 0.0129. The Hall–Kier alpha value is -1.92. The first kappa shape index (κ1) is 14.5. The average Bonchev–Trinajstić information content (AvgIpc) is 2.37. The molecule has 1 heterocycles. The number of carboxylic acids is 1. The number of rotatable bonds is 3. The molecule has 0 aliphatic rings. The van der Waals surface area contributed by atoms with Crippen LogP contribution in [0.4, 0.5) is 5.82 Å². The molecule has 0 saturated carbocycles. The van der Waals surface area contributed by atoms with Crippen LogP contribution in [0.5, 0.6) is 0 Å². The topological polar surface area (TPSA) is 79.3 Å². The molecule has 2 rings (SSSR count). The maximum Gasteiger partial charge on any atom is 0.339 e. The predicted octanol–water partition coefficient (Wildman–Crippen LogP) is 3.45. The minimum Gasteiger partial charge on any atom is -0.478 e. The van der Waals surface area contributed by atoms with Crippen molar-refractivity contribution < 1.29 is 14.7 Å². The Morgan fingerprint density at radius 2 is 2.05 bits per heavy atom. The van der Waals surface area contributed by atoms with E-state index in [1.54, 1.807) is 12.1 Å². The summed E-state index contributed by atoms with van der Waals surface area (Å²) < 4.78 is 0.648. The van der Waals surface area contributed by atoms with E-state index in [1.165, 1.54) is 24.4 Å². The summed E-state index contributed by atoms with van der Waals surface area (Å²) in [6.07, 6.45) is 1.40. The van der Waals surface area contributed by atoms with E-state index in [-0.39, 0.29) is 11.4 Å². The average molecular weight is 356 g/mol. The number of aromatic nitrogens is 1. The van der Waals surface area contributed by atoms with Crippen molar-refractivity contribution >= 4 is 45.2 Å². The molecule has 0 saturated heterocycles. The molecule has 0 aliphatic carbocycles. The van der Waals surface area contributed by atoms with Crippen molar-refractivity contribution in [1.82, 2.24) is 4.98 Å². The van der Waals surface area contributed by atoms with E-state index in [4.69, 9.17) is 16.7 Å². The summed E-state index contributed by atoms with van der Waals surface area (Å²) in [5, 5.41) is 11.9. The van der Waals surface area contributed by atoms with Gasteiger partial charge in [-0.15, -0.1) is 0 Å². The van der Waals surface area contributed by atoms with Gasteiger partial charge in [-0.1, -0.05) is 27.5 Å². The Morgan fingerprint density at radius 3 is 2.70 bits per heavy atom. The van der Waals surface area contributed by atoms with Crippen molar-refractivity contribution in [3.05, 3.63) is 57.2 Å². The summed E-state index contributed by atoms with van der Waals surface area (Å²) in [6, 6.07) is 7.53. The number of aromatic carboxylic acids is 1. The van der Waals surface area contributed by atoms with Crippen LogP contribution < -0.4 is 5.32 Å². The number of nitrogens with zero attached hydrogens (tertiary/aromatic N) is 1. The van der Waals surface area contributed by atoms with Gasteiger partial charge in [-0.3, -0.25) is 4.79 Å². The Balaban J connectivity index is 2.30. The van der Waals surface area contributed by atoms with Crippen molar-refractivity contribution in [2.45, 2.75) is 0 Å². The van der Waals surface area contributed by atoms with Crippen LogP contribution in [0.15, 0.2) is 41.0 Å². The fourth-order valence-corrected chi connectivity index (χ4v) is 2.40. The minimum atomic E-state index is -1.17. The quantitative estimate of drug-likeness (QED) is 0.884. The van der Waals surface area contributed by atoms with Gasteiger partial charge in [0.15, 0.2) is 0 Å². The lowest BCUT2D eigenvalue weighted by Gasteiger charge is -2.07. The first-order valence-corrected chi connectivity index (χ1v) is 6.60. The van der Waals surface area contributed by atoms with Gasteiger partial charge < -0.3 is 10.4 Å². The van der Waals surface area contributed by atoms with Crippen LogP contribution >= 0.6 is 27.5 Å². The second kappa shape index (κ2) is 6.02. The lowest BCUT2D eigenvalue weighted by Crippen LogP contribution is -2.16. The van der Waals surface area contributed by atoms with Gasteiger partial charge in [0, 0.05) is 21.3 Å². The van der Waals surface area contributed by atoms with Crippen LogP contribution in [0, 0.1) is 0 Å². The molecular weight excluding hydrogens is 348 g/mol. The Morgan fingerprint density at radius 1 is 1.30 bits per heavy atom. The number of anilines is 1. The fraction of sp³-hybridized carbons (Fsp3) is 0. The van der Waals surface area contributed by atoms with E-state index in [9.17, 15) is 9.59 Å². The highest BCUT2D eigenvalue weighted by molar-refractivity contribution is 9.10. The molecule has 0 atom stereocenters. The summed E-state index contributed by atoms with van der Waals surface area (Å²) in [5.74, 6) is -1.67. The molecule has 2 N–H and O–H groups in total. The summed E-state index contributed by atoms with van der Waals surface area (Å²) in [4.78, 5) is 27.0. The maximum absolute atomic E-state index is 12.1. The van der Waals surface area contributed by atoms with Gasteiger partial charge in [0.25, 0.3) is 5.91 Å². The van der Waals surface area contributed by atoms with Crippen molar-refractivity contribution in [3.8, 4) is 0 Å². The molecule has 0 unspecified atom stereocenters. The number of hydrogen-bond acceptors (Lipinski definition) is 3. The number of benzene rings is 1. The first-order valence-electron chi connectivity index (χ1n) is 5.43. The van der Waals surface area contributed by atoms with E-state index in [0.717, 1.165) is 0 Å². The molecule has 1 aromatic heterocycles. The number of carbonyl (C=O) groups is 2. The fourth-order valence-electron chi connectivity index (χ4n) is 1.54. The van der Waals surface area contributed by atoms with Gasteiger partial charge in [0.2, 0.25) is 0 Å². The second-order valence-corrected chi connectivity index (χ2v) is 5.17. The molecule has 7 heteroatoms. The summed E-state index contributed by atoms with van der Waals surface area (Å²) in [6.45, 7) is 0. The molecule has 0 fully saturated rings. The third-order valence-corrected chi connectivity index (χ3v) is 3.07. The number of nitrogens with one attached hydrogen (secondary N) is 1. The van der Waals surface area contributed by atoms with E-state index in [2.05, 4.69) is 26.2 Å². The van der Waals surface area contributed by atoms with E-state index in [0.29, 0.717) is 15.1 Å². The van der Waals surface area contributed by atoms with Crippen LogP contribution in [0.25, 0.3) is 0 Å². The van der Waals surface area contributed by atoms with E-state index >= 15 is 0 Å². The molecule has 0 radical (unpaired) electrons. The van der Waals surface area contributed by atoms with Gasteiger partial charge in [-0.2, -0.15) is 0 Å². The van der Waals surface area contributed by atoms with Crippen LogP contribution in [-0.4, -0.2) is 22.0 Å². The lowest BCUT2D eigenvalue weighted by molar-refractivity contribution is 0.0697. The van der Waals surface area contributed by atoms with Gasteiger partial charge in [0.1, 0.15) is 11.4 Å². The maximum atomic E-state index is 12.1. The van der Waals surface area contributed by atoms with Gasteiger partial charge in [0.05, 0.1) is 0 Å². The van der Waals surface area contributed by atoms with Gasteiger partial charge in [-0.25, -0.2) is 9.78 Å². The molecule has 0 aliphatic heterocycles. The standard InChI is InChI=1S/C13H8BrClN2O3/c14-8-4-7(5-9(15)6-8)12(18)17-11-10(13(19)20)2-1-3-16-11/h1-6H,(H,19,20)(H,16,17,18). The van der Waals surface area contributed by atoms with Crippen molar-refractivity contribution in [1.29, 1.82) is 0 Å². The highest BCUT2D eigenvalue weighted by atomic mass is 79.9. The second-order valence-electron chi connectivity index (χ2n) is 3.82. The molecule has 0 spiro atoms. The molecule has 102 valence electrons.